The molecule has 0 atom stereocenters. The van der Waals surface area contributed by atoms with Gasteiger partial charge in [-0.3, -0.25) is 0 Å². The second kappa shape index (κ2) is 8.29. The van der Waals surface area contributed by atoms with Crippen LogP contribution in [0.1, 0.15) is 32.0 Å². The molecule has 1 aromatic carbocycles. The van der Waals surface area contributed by atoms with Crippen molar-refractivity contribution < 1.29 is 14.3 Å². The zero-order valence-electron chi connectivity index (χ0n) is 14.8. The summed E-state index contributed by atoms with van der Waals surface area (Å²) in [6.07, 6.45) is 1.86. The van der Waals surface area contributed by atoms with Gasteiger partial charge < -0.3 is 14.8 Å². The minimum Gasteiger partial charge on any atom is -0.444 e. The van der Waals surface area contributed by atoms with Crippen molar-refractivity contribution in [3.05, 3.63) is 46.2 Å². The Bertz CT molecular complexity index is 745. The summed E-state index contributed by atoms with van der Waals surface area (Å²) in [7, 11) is 0. The summed E-state index contributed by atoms with van der Waals surface area (Å²) in [4.78, 5) is 20.0. The molecule has 25 heavy (non-hydrogen) atoms. The van der Waals surface area contributed by atoms with Crippen LogP contribution in [0.25, 0.3) is 0 Å². The second-order valence-corrected chi connectivity index (χ2v) is 7.37. The SMILES string of the molecule is Cc1ccnc(Oc2ccc(Br)c(CCNC(=O)OC(C)(C)C)c2)n1. The number of amides is 1. The predicted molar refractivity (Wildman–Crippen MR) is 98.9 cm³/mol. The largest absolute Gasteiger partial charge is 0.444 e. The van der Waals surface area contributed by atoms with E-state index in [4.69, 9.17) is 9.47 Å². The number of hydrogen-bond donors (Lipinski definition) is 1. The molecule has 1 N–H and O–H groups in total. The molecule has 1 aromatic heterocycles. The maximum atomic E-state index is 11.7. The van der Waals surface area contributed by atoms with Crippen molar-refractivity contribution in [2.75, 3.05) is 6.54 Å². The molecular weight excluding hydrogens is 386 g/mol. The summed E-state index contributed by atoms with van der Waals surface area (Å²) < 4.78 is 11.9. The number of hydrogen-bond acceptors (Lipinski definition) is 5. The number of aryl methyl sites for hydroxylation is 1. The molecule has 0 spiro atoms. The Hall–Kier alpha value is -2.15. The fraction of sp³-hybridized carbons (Fsp3) is 0.389. The summed E-state index contributed by atoms with van der Waals surface area (Å²) in [5.41, 5.74) is 1.33. The van der Waals surface area contributed by atoms with Crippen molar-refractivity contribution in [2.24, 2.45) is 0 Å². The number of alkyl carbamates (subject to hydrolysis) is 1. The Kier molecular flexibility index (Phi) is 6.36. The van der Waals surface area contributed by atoms with E-state index in [0.29, 0.717) is 24.7 Å². The number of halogens is 1. The Morgan fingerprint density at radius 2 is 2.04 bits per heavy atom. The third-order valence-corrected chi connectivity index (χ3v) is 3.84. The Morgan fingerprint density at radius 3 is 2.72 bits per heavy atom. The van der Waals surface area contributed by atoms with Crippen LogP contribution in [0.15, 0.2) is 34.9 Å². The van der Waals surface area contributed by atoms with E-state index in [1.807, 2.05) is 52.0 Å². The van der Waals surface area contributed by atoms with E-state index in [1.165, 1.54) is 0 Å². The maximum absolute atomic E-state index is 11.7. The molecule has 0 aliphatic heterocycles. The van der Waals surface area contributed by atoms with Crippen LogP contribution in [0.5, 0.6) is 11.8 Å². The summed E-state index contributed by atoms with van der Waals surface area (Å²) in [6, 6.07) is 7.74. The molecule has 0 radical (unpaired) electrons. The first kappa shape index (κ1) is 19.2. The van der Waals surface area contributed by atoms with Crippen LogP contribution in [0.4, 0.5) is 4.79 Å². The van der Waals surface area contributed by atoms with Gasteiger partial charge in [0.1, 0.15) is 11.4 Å². The number of nitrogens with zero attached hydrogens (tertiary/aromatic N) is 2. The fourth-order valence-electron chi connectivity index (χ4n) is 2.00. The van der Waals surface area contributed by atoms with Crippen LogP contribution >= 0.6 is 15.9 Å². The molecule has 1 heterocycles. The van der Waals surface area contributed by atoms with Crippen LogP contribution in [-0.4, -0.2) is 28.2 Å². The molecule has 2 rings (SSSR count). The van der Waals surface area contributed by atoms with Crippen molar-refractivity contribution in [2.45, 2.75) is 39.7 Å². The molecule has 0 unspecified atom stereocenters. The zero-order chi connectivity index (χ0) is 18.4. The normalized spacial score (nSPS) is 11.1. The van der Waals surface area contributed by atoms with Crippen LogP contribution < -0.4 is 10.1 Å². The van der Waals surface area contributed by atoms with E-state index < -0.39 is 11.7 Å². The first-order valence-corrected chi connectivity index (χ1v) is 8.75. The molecule has 0 bridgehead atoms. The number of aromatic nitrogens is 2. The first-order valence-electron chi connectivity index (χ1n) is 7.96. The average molecular weight is 408 g/mol. The molecule has 0 saturated carbocycles. The molecule has 0 aliphatic rings. The highest BCUT2D eigenvalue weighted by Gasteiger charge is 2.15. The summed E-state index contributed by atoms with van der Waals surface area (Å²) in [6.45, 7) is 7.83. The van der Waals surface area contributed by atoms with E-state index >= 15 is 0 Å². The van der Waals surface area contributed by atoms with Crippen molar-refractivity contribution >= 4 is 22.0 Å². The zero-order valence-corrected chi connectivity index (χ0v) is 16.4. The third kappa shape index (κ3) is 6.70. The highest BCUT2D eigenvalue weighted by atomic mass is 79.9. The molecule has 0 aliphatic carbocycles. The van der Waals surface area contributed by atoms with E-state index in [9.17, 15) is 4.79 Å². The van der Waals surface area contributed by atoms with E-state index in [-0.39, 0.29) is 0 Å². The van der Waals surface area contributed by atoms with Crippen molar-refractivity contribution in [1.82, 2.24) is 15.3 Å². The van der Waals surface area contributed by atoms with Gasteiger partial charge in [0.15, 0.2) is 0 Å². The van der Waals surface area contributed by atoms with Gasteiger partial charge in [0, 0.05) is 22.9 Å². The quantitative estimate of drug-likeness (QED) is 0.794. The standard InChI is InChI=1S/C18H22BrN3O3/c1-12-7-9-20-16(22-12)24-14-5-6-15(19)13(11-14)8-10-21-17(23)25-18(2,3)4/h5-7,9,11H,8,10H2,1-4H3,(H,21,23). The lowest BCUT2D eigenvalue weighted by Gasteiger charge is -2.19. The summed E-state index contributed by atoms with van der Waals surface area (Å²) >= 11 is 3.51. The van der Waals surface area contributed by atoms with Gasteiger partial charge in [0.05, 0.1) is 0 Å². The molecular formula is C18H22BrN3O3. The summed E-state index contributed by atoms with van der Waals surface area (Å²) in [5, 5.41) is 2.74. The van der Waals surface area contributed by atoms with Crippen molar-refractivity contribution in [3.63, 3.8) is 0 Å². The van der Waals surface area contributed by atoms with Crippen molar-refractivity contribution in [3.8, 4) is 11.8 Å². The van der Waals surface area contributed by atoms with Gasteiger partial charge in [0.2, 0.25) is 0 Å². The molecule has 1 amide bonds. The maximum Gasteiger partial charge on any atom is 0.407 e. The van der Waals surface area contributed by atoms with Crippen LogP contribution in [0, 0.1) is 6.92 Å². The highest BCUT2D eigenvalue weighted by Crippen LogP contribution is 2.25. The van der Waals surface area contributed by atoms with Crippen LogP contribution in [-0.2, 0) is 11.2 Å². The third-order valence-electron chi connectivity index (χ3n) is 3.06. The lowest BCUT2D eigenvalue weighted by molar-refractivity contribution is 0.0528. The molecule has 2 aromatic rings. The number of benzene rings is 1. The molecule has 6 nitrogen and oxygen atoms in total. The van der Waals surface area contributed by atoms with Gasteiger partial charge in [-0.05, 0) is 63.9 Å². The predicted octanol–water partition coefficient (Wildman–Crippen LogP) is 4.41. The minimum atomic E-state index is -0.508. The molecule has 134 valence electrons. The number of rotatable bonds is 5. The topological polar surface area (TPSA) is 73.3 Å². The lowest BCUT2D eigenvalue weighted by Crippen LogP contribution is -2.33. The lowest BCUT2D eigenvalue weighted by atomic mass is 10.1. The van der Waals surface area contributed by atoms with Gasteiger partial charge in [-0.1, -0.05) is 15.9 Å². The average Bonchev–Trinajstić information content (AvgIpc) is 2.48. The number of ether oxygens (including phenoxy) is 2. The van der Waals surface area contributed by atoms with Gasteiger partial charge >= 0.3 is 12.1 Å². The van der Waals surface area contributed by atoms with Gasteiger partial charge in [0.25, 0.3) is 0 Å². The van der Waals surface area contributed by atoms with Gasteiger partial charge in [-0.15, -0.1) is 0 Å². The van der Waals surface area contributed by atoms with E-state index in [2.05, 4.69) is 31.2 Å². The highest BCUT2D eigenvalue weighted by molar-refractivity contribution is 9.10. The van der Waals surface area contributed by atoms with E-state index in [1.54, 1.807) is 6.20 Å². The minimum absolute atomic E-state index is 0.306. The molecule has 0 saturated heterocycles. The van der Waals surface area contributed by atoms with Crippen LogP contribution in [0.3, 0.4) is 0 Å². The second-order valence-electron chi connectivity index (χ2n) is 6.51. The van der Waals surface area contributed by atoms with Gasteiger partial charge in [-0.2, -0.15) is 0 Å². The number of carbonyl (C=O) groups is 1. The van der Waals surface area contributed by atoms with Crippen molar-refractivity contribution in [1.29, 1.82) is 0 Å². The number of carbonyl (C=O) groups excluding carboxylic acids is 1. The smallest absolute Gasteiger partial charge is 0.407 e. The Labute approximate surface area is 156 Å². The fourth-order valence-corrected chi connectivity index (χ4v) is 2.44. The van der Waals surface area contributed by atoms with Gasteiger partial charge in [-0.25, -0.2) is 14.8 Å². The van der Waals surface area contributed by atoms with Crippen LogP contribution in [0.2, 0.25) is 0 Å². The monoisotopic (exact) mass is 407 g/mol. The van der Waals surface area contributed by atoms with E-state index in [0.717, 1.165) is 15.7 Å². The Morgan fingerprint density at radius 1 is 1.28 bits per heavy atom. The molecule has 0 fully saturated rings. The number of nitrogens with one attached hydrogen (secondary N) is 1. The first-order chi connectivity index (χ1) is 11.7. The Balaban J connectivity index is 1.96. The summed E-state index contributed by atoms with van der Waals surface area (Å²) in [5.74, 6) is 0.640. The molecule has 7 heteroatoms.